The van der Waals surface area contributed by atoms with Crippen LogP contribution in [0.15, 0.2) is 30.3 Å². The van der Waals surface area contributed by atoms with Crippen molar-refractivity contribution in [1.29, 1.82) is 0 Å². The van der Waals surface area contributed by atoms with Crippen LogP contribution in [-0.2, 0) is 11.2 Å². The van der Waals surface area contributed by atoms with E-state index in [1.54, 1.807) is 0 Å². The number of benzene rings is 1. The first kappa shape index (κ1) is 13.2. The van der Waals surface area contributed by atoms with Crippen molar-refractivity contribution in [2.75, 3.05) is 11.9 Å². The number of hydrogen-bond donors (Lipinski definition) is 1. The number of halogens is 1. The van der Waals surface area contributed by atoms with Gasteiger partial charge in [-0.2, -0.15) is 0 Å². The summed E-state index contributed by atoms with van der Waals surface area (Å²) in [6, 6.07) is 10.3. The summed E-state index contributed by atoms with van der Waals surface area (Å²) in [5, 5.41) is 3.84. The van der Waals surface area contributed by atoms with Crippen LogP contribution in [0.2, 0.25) is 0 Å². The van der Waals surface area contributed by atoms with Gasteiger partial charge in [0.2, 0.25) is 5.91 Å². The van der Waals surface area contributed by atoms with E-state index in [1.807, 2.05) is 18.2 Å². The van der Waals surface area contributed by atoms with Gasteiger partial charge >= 0.3 is 0 Å². The van der Waals surface area contributed by atoms with Crippen molar-refractivity contribution in [1.82, 2.24) is 5.32 Å². The van der Waals surface area contributed by atoms with Crippen LogP contribution < -0.4 is 5.32 Å². The van der Waals surface area contributed by atoms with Crippen LogP contribution in [0, 0.1) is 0 Å². The molecule has 2 nitrogen and oxygen atoms in total. The molecule has 0 saturated carbocycles. The Balaban J connectivity index is 2.09. The van der Waals surface area contributed by atoms with E-state index in [0.29, 0.717) is 6.42 Å². The molecule has 0 aliphatic rings. The highest BCUT2D eigenvalue weighted by Gasteiger charge is 2.00. The standard InChI is InChI=1S/C13H18BrNO/c14-10-5-11-15-13(16)9-4-8-12-6-2-1-3-7-12/h1-3,6-7H,4-5,8-11H2,(H,15,16). The van der Waals surface area contributed by atoms with Gasteiger partial charge in [-0.3, -0.25) is 4.79 Å². The summed E-state index contributed by atoms with van der Waals surface area (Å²) in [7, 11) is 0. The van der Waals surface area contributed by atoms with Crippen molar-refractivity contribution < 1.29 is 4.79 Å². The van der Waals surface area contributed by atoms with Crippen molar-refractivity contribution >= 4 is 21.8 Å². The molecule has 0 saturated heterocycles. The molecule has 1 aromatic rings. The molecular weight excluding hydrogens is 266 g/mol. The van der Waals surface area contributed by atoms with E-state index in [4.69, 9.17) is 0 Å². The molecule has 0 bridgehead atoms. The Morgan fingerprint density at radius 2 is 1.94 bits per heavy atom. The first-order chi connectivity index (χ1) is 7.83. The number of nitrogens with one attached hydrogen (secondary N) is 1. The number of rotatable bonds is 7. The number of alkyl halides is 1. The summed E-state index contributed by atoms with van der Waals surface area (Å²) >= 11 is 3.33. The molecule has 0 unspecified atom stereocenters. The van der Waals surface area contributed by atoms with E-state index in [0.717, 1.165) is 31.1 Å². The largest absolute Gasteiger partial charge is 0.356 e. The van der Waals surface area contributed by atoms with Gasteiger partial charge in [0.25, 0.3) is 0 Å². The molecule has 3 heteroatoms. The second-order valence-corrected chi connectivity index (χ2v) is 4.52. The van der Waals surface area contributed by atoms with Crippen LogP contribution in [0.4, 0.5) is 0 Å². The first-order valence-corrected chi connectivity index (χ1v) is 6.81. The Bertz CT molecular complexity index is 300. The zero-order valence-electron chi connectivity index (χ0n) is 9.42. The van der Waals surface area contributed by atoms with Gasteiger partial charge in [-0.1, -0.05) is 46.3 Å². The van der Waals surface area contributed by atoms with Crippen molar-refractivity contribution in [3.63, 3.8) is 0 Å². The number of amides is 1. The molecule has 0 heterocycles. The molecule has 1 amide bonds. The van der Waals surface area contributed by atoms with Gasteiger partial charge in [-0.15, -0.1) is 0 Å². The third-order valence-electron chi connectivity index (χ3n) is 2.34. The predicted molar refractivity (Wildman–Crippen MR) is 70.8 cm³/mol. The normalized spacial score (nSPS) is 10.1. The number of hydrogen-bond acceptors (Lipinski definition) is 1. The first-order valence-electron chi connectivity index (χ1n) is 5.69. The number of carbonyl (C=O) groups excluding carboxylic acids is 1. The zero-order chi connectivity index (χ0) is 11.6. The van der Waals surface area contributed by atoms with E-state index in [-0.39, 0.29) is 5.91 Å². The molecule has 88 valence electrons. The van der Waals surface area contributed by atoms with Gasteiger partial charge in [0, 0.05) is 18.3 Å². The fourth-order valence-electron chi connectivity index (χ4n) is 1.48. The lowest BCUT2D eigenvalue weighted by Gasteiger charge is -2.04. The van der Waals surface area contributed by atoms with Gasteiger partial charge in [-0.05, 0) is 24.8 Å². The van der Waals surface area contributed by atoms with Crippen LogP contribution in [0.5, 0.6) is 0 Å². The third kappa shape index (κ3) is 5.91. The predicted octanol–water partition coefficient (Wildman–Crippen LogP) is 2.91. The van der Waals surface area contributed by atoms with Gasteiger partial charge in [0.05, 0.1) is 0 Å². The van der Waals surface area contributed by atoms with Crippen molar-refractivity contribution in [2.24, 2.45) is 0 Å². The van der Waals surface area contributed by atoms with Gasteiger partial charge in [0.1, 0.15) is 0 Å². The highest BCUT2D eigenvalue weighted by atomic mass is 79.9. The lowest BCUT2D eigenvalue weighted by atomic mass is 10.1. The van der Waals surface area contributed by atoms with E-state index in [2.05, 4.69) is 33.4 Å². The average molecular weight is 284 g/mol. The summed E-state index contributed by atoms with van der Waals surface area (Å²) in [6.07, 6.45) is 3.51. The highest BCUT2D eigenvalue weighted by Crippen LogP contribution is 2.04. The minimum Gasteiger partial charge on any atom is -0.356 e. The van der Waals surface area contributed by atoms with E-state index in [9.17, 15) is 4.79 Å². The van der Waals surface area contributed by atoms with Gasteiger partial charge in [-0.25, -0.2) is 0 Å². The van der Waals surface area contributed by atoms with Crippen molar-refractivity contribution in [3.05, 3.63) is 35.9 Å². The molecule has 0 aliphatic heterocycles. The Kier molecular flexibility index (Phi) is 6.90. The highest BCUT2D eigenvalue weighted by molar-refractivity contribution is 9.09. The second kappa shape index (κ2) is 8.34. The topological polar surface area (TPSA) is 29.1 Å². The summed E-state index contributed by atoms with van der Waals surface area (Å²) in [4.78, 5) is 11.4. The fourth-order valence-corrected chi connectivity index (χ4v) is 1.76. The molecule has 1 N–H and O–H groups in total. The fraction of sp³-hybridized carbons (Fsp3) is 0.462. The SMILES string of the molecule is O=C(CCCc1ccccc1)NCCCBr. The van der Waals surface area contributed by atoms with Crippen molar-refractivity contribution in [3.8, 4) is 0 Å². The second-order valence-electron chi connectivity index (χ2n) is 3.73. The van der Waals surface area contributed by atoms with Crippen LogP contribution >= 0.6 is 15.9 Å². The Labute approximate surface area is 106 Å². The third-order valence-corrected chi connectivity index (χ3v) is 2.91. The van der Waals surface area contributed by atoms with E-state index < -0.39 is 0 Å². The van der Waals surface area contributed by atoms with E-state index >= 15 is 0 Å². The molecular formula is C13H18BrNO. The molecule has 1 aromatic carbocycles. The lowest BCUT2D eigenvalue weighted by molar-refractivity contribution is -0.121. The molecule has 0 fully saturated rings. The Morgan fingerprint density at radius 1 is 1.19 bits per heavy atom. The number of aryl methyl sites for hydroxylation is 1. The zero-order valence-corrected chi connectivity index (χ0v) is 11.0. The van der Waals surface area contributed by atoms with E-state index in [1.165, 1.54) is 5.56 Å². The smallest absolute Gasteiger partial charge is 0.220 e. The monoisotopic (exact) mass is 283 g/mol. The minimum atomic E-state index is 0.164. The van der Waals surface area contributed by atoms with Gasteiger partial charge in [0.15, 0.2) is 0 Å². The summed E-state index contributed by atoms with van der Waals surface area (Å²) in [5.74, 6) is 0.164. The van der Waals surface area contributed by atoms with Crippen LogP contribution in [0.25, 0.3) is 0 Å². The Morgan fingerprint density at radius 3 is 2.62 bits per heavy atom. The molecule has 0 radical (unpaired) electrons. The van der Waals surface area contributed by atoms with Gasteiger partial charge < -0.3 is 5.32 Å². The molecule has 0 aromatic heterocycles. The maximum atomic E-state index is 11.4. The summed E-state index contributed by atoms with van der Waals surface area (Å²) < 4.78 is 0. The van der Waals surface area contributed by atoms with Crippen LogP contribution in [-0.4, -0.2) is 17.8 Å². The van der Waals surface area contributed by atoms with Crippen LogP contribution in [0.3, 0.4) is 0 Å². The molecule has 1 rings (SSSR count). The average Bonchev–Trinajstić information content (AvgIpc) is 2.31. The number of carbonyl (C=O) groups is 1. The maximum absolute atomic E-state index is 11.4. The molecule has 0 aliphatic carbocycles. The quantitative estimate of drug-likeness (QED) is 0.605. The minimum absolute atomic E-state index is 0.164. The maximum Gasteiger partial charge on any atom is 0.220 e. The summed E-state index contributed by atoms with van der Waals surface area (Å²) in [5.41, 5.74) is 1.30. The molecule has 0 spiro atoms. The van der Waals surface area contributed by atoms with Crippen LogP contribution in [0.1, 0.15) is 24.8 Å². The molecule has 16 heavy (non-hydrogen) atoms. The molecule has 0 atom stereocenters. The lowest BCUT2D eigenvalue weighted by Crippen LogP contribution is -2.24. The summed E-state index contributed by atoms with van der Waals surface area (Å²) in [6.45, 7) is 0.773. The Hall–Kier alpha value is -0.830. The van der Waals surface area contributed by atoms with Crippen molar-refractivity contribution in [2.45, 2.75) is 25.7 Å².